The largest absolute Gasteiger partial charge is 2.00 e. The average molecular weight is 218 g/mol. The van der Waals surface area contributed by atoms with Gasteiger partial charge in [-0.25, -0.2) is 4.57 Å². The summed E-state index contributed by atoms with van der Waals surface area (Å²) in [4.78, 5) is 21.6. The molecule has 9 heavy (non-hydrogen) atoms. The first kappa shape index (κ1) is 30.0. The predicted octanol–water partition coefficient (Wildman–Crippen LogP) is -2.89. The van der Waals surface area contributed by atoms with Crippen LogP contribution >= 0.6 is 7.82 Å². The van der Waals surface area contributed by atoms with Crippen LogP contribution in [-0.4, -0.2) is 101 Å². The molecule has 0 bridgehead atoms. The van der Waals surface area contributed by atoms with Crippen molar-refractivity contribution in [3.63, 3.8) is 0 Å². The second-order valence-corrected chi connectivity index (χ2v) is 1.54. The third-order valence-electron chi connectivity index (χ3n) is 0. The molecule has 0 unspecified atom stereocenters. The first-order valence-electron chi connectivity index (χ1n) is 0.783. The zero-order valence-electron chi connectivity index (χ0n) is 8.61. The van der Waals surface area contributed by atoms with Crippen LogP contribution in [0.3, 0.4) is 0 Å². The molecule has 0 aliphatic carbocycles. The number of phosphoric acid groups is 1. The molecule has 0 spiro atoms. The van der Waals surface area contributed by atoms with Gasteiger partial charge in [-0.1, -0.05) is 0 Å². The minimum absolute atomic E-state index is 0. The van der Waals surface area contributed by atoms with Crippen molar-refractivity contribution in [1.82, 2.24) is 0 Å². The van der Waals surface area contributed by atoms with Crippen LogP contribution in [-0.2, 0) is 4.57 Å². The molecule has 0 aliphatic rings. The Hall–Kier alpha value is 2.55. The van der Waals surface area contributed by atoms with E-state index >= 15 is 0 Å². The van der Waals surface area contributed by atoms with Gasteiger partial charge >= 0.3 is 83.3 Å². The van der Waals surface area contributed by atoms with Crippen LogP contribution in [0.2, 0.25) is 0 Å². The maximum Gasteiger partial charge on any atom is 2.00 e. The summed E-state index contributed by atoms with van der Waals surface area (Å²) in [5, 5.41) is 0. The van der Waals surface area contributed by atoms with Gasteiger partial charge in [-0.2, -0.15) is 0 Å². The summed E-state index contributed by atoms with van der Waals surface area (Å²) < 4.78 is 8.88. The van der Waals surface area contributed by atoms with Crippen molar-refractivity contribution >= 4 is 83.3 Å². The van der Waals surface area contributed by atoms with Crippen LogP contribution in [0.25, 0.3) is 0 Å². The van der Waals surface area contributed by atoms with Crippen molar-refractivity contribution in [2.75, 3.05) is 0 Å². The minimum atomic E-state index is -4.64. The molecule has 0 fully saturated rings. The van der Waals surface area contributed by atoms with E-state index in [4.69, 9.17) is 19.2 Å². The van der Waals surface area contributed by atoms with E-state index in [1.807, 2.05) is 0 Å². The normalized spacial score (nSPS) is 6.56. The molecule has 0 saturated carbocycles. The SMILES string of the molecule is O.O.O=P(O)(O)O.[Ca+2].[Ca+2].[H-].[H-].[H-].[H-]. The molecule has 6 nitrogen and oxygen atoms in total. The van der Waals surface area contributed by atoms with Gasteiger partial charge in [0.1, 0.15) is 0 Å². The molecule has 0 amide bonds. The molecule has 0 aromatic heterocycles. The molecular weight excluding hydrogens is 207 g/mol. The van der Waals surface area contributed by atoms with Gasteiger partial charge in [0, 0.05) is 0 Å². The van der Waals surface area contributed by atoms with Crippen molar-refractivity contribution in [2.45, 2.75) is 0 Å². The fourth-order valence-electron chi connectivity index (χ4n) is 0. The van der Waals surface area contributed by atoms with Gasteiger partial charge < -0.3 is 31.3 Å². The molecule has 7 N–H and O–H groups in total. The molecule has 0 saturated heterocycles. The van der Waals surface area contributed by atoms with E-state index < -0.39 is 7.82 Å². The summed E-state index contributed by atoms with van der Waals surface area (Å²) in [6, 6.07) is 0. The molecule has 0 heterocycles. The zero-order chi connectivity index (χ0) is 4.50. The topological polar surface area (TPSA) is 141 Å². The second kappa shape index (κ2) is 13.2. The van der Waals surface area contributed by atoms with E-state index in [1.165, 1.54) is 0 Å². The van der Waals surface area contributed by atoms with E-state index in [-0.39, 0.29) is 92.1 Å². The van der Waals surface area contributed by atoms with Gasteiger partial charge in [0.15, 0.2) is 0 Å². The van der Waals surface area contributed by atoms with Gasteiger partial charge in [0.05, 0.1) is 0 Å². The molecule has 0 aliphatic heterocycles. The summed E-state index contributed by atoms with van der Waals surface area (Å²) in [5.41, 5.74) is 0. The fourth-order valence-corrected chi connectivity index (χ4v) is 0. The predicted molar refractivity (Wildman–Crippen MR) is 37.4 cm³/mol. The van der Waals surface area contributed by atoms with Gasteiger partial charge in [0.25, 0.3) is 0 Å². The smallest absolute Gasteiger partial charge is 1.00 e. The Morgan fingerprint density at radius 2 is 1.00 bits per heavy atom. The summed E-state index contributed by atoms with van der Waals surface area (Å²) in [6.45, 7) is 0. The average Bonchev–Trinajstić information content (AvgIpc) is 0.722. The summed E-state index contributed by atoms with van der Waals surface area (Å²) in [6.07, 6.45) is 0. The van der Waals surface area contributed by atoms with Crippen LogP contribution in [0.1, 0.15) is 5.71 Å². The fraction of sp³-hybridized carbons (Fsp3) is 0. The molecule has 0 rings (SSSR count). The van der Waals surface area contributed by atoms with Crippen LogP contribution in [0.4, 0.5) is 0 Å². The second-order valence-electron chi connectivity index (χ2n) is 0.513. The maximum absolute atomic E-state index is 8.88. The van der Waals surface area contributed by atoms with Crippen LogP contribution in [0, 0.1) is 0 Å². The Kier molecular flexibility index (Phi) is 43.8. The molecule has 56 valence electrons. The Labute approximate surface area is 117 Å². The van der Waals surface area contributed by atoms with E-state index in [9.17, 15) is 0 Å². The minimum Gasteiger partial charge on any atom is -1.00 e. The van der Waals surface area contributed by atoms with Crippen molar-refractivity contribution in [3.05, 3.63) is 0 Å². The van der Waals surface area contributed by atoms with Crippen LogP contribution in [0.15, 0.2) is 0 Å². The quantitative estimate of drug-likeness (QED) is 0.296. The van der Waals surface area contributed by atoms with Gasteiger partial charge in [-0.3, -0.25) is 0 Å². The summed E-state index contributed by atoms with van der Waals surface area (Å²) in [7, 11) is -4.64. The molecule has 9 heteroatoms. The summed E-state index contributed by atoms with van der Waals surface area (Å²) in [5.74, 6) is 0. The van der Waals surface area contributed by atoms with Crippen molar-refractivity contribution < 1.29 is 35.9 Å². The third kappa shape index (κ3) is 119. The third-order valence-corrected chi connectivity index (χ3v) is 0. The van der Waals surface area contributed by atoms with E-state index in [0.29, 0.717) is 0 Å². The molecule has 0 radical (unpaired) electrons. The molecule has 0 aromatic rings. The molecule has 0 aromatic carbocycles. The van der Waals surface area contributed by atoms with E-state index in [2.05, 4.69) is 0 Å². The van der Waals surface area contributed by atoms with Crippen molar-refractivity contribution in [2.24, 2.45) is 0 Å². The Bertz CT molecular complexity index is 68.8. The van der Waals surface area contributed by atoms with Gasteiger partial charge in [0.2, 0.25) is 0 Å². The Morgan fingerprint density at radius 1 is 1.00 bits per heavy atom. The standard InChI is InChI=1S/2Ca.H3O4P.2H2O.4H/c;;1-5(2,3)4;;;;;;/h;;(H3,1,2,3,4);2*1H2;;;;/q2*+2;;;;4*-1. The first-order valence-corrected chi connectivity index (χ1v) is 2.35. The Morgan fingerprint density at radius 3 is 1.00 bits per heavy atom. The van der Waals surface area contributed by atoms with Crippen LogP contribution in [0.5, 0.6) is 0 Å². The number of hydrogen-bond acceptors (Lipinski definition) is 1. The van der Waals surface area contributed by atoms with E-state index in [1.54, 1.807) is 0 Å². The Balaban J connectivity index is -0.00000000286. The number of hydrogen-bond donors (Lipinski definition) is 3. The maximum atomic E-state index is 8.88. The van der Waals surface area contributed by atoms with Gasteiger partial charge in [-0.15, -0.1) is 0 Å². The molecule has 0 atom stereocenters. The molecular formula is H11Ca2O6P. The zero-order valence-corrected chi connectivity index (χ0v) is 9.92. The van der Waals surface area contributed by atoms with E-state index in [0.717, 1.165) is 0 Å². The van der Waals surface area contributed by atoms with Crippen molar-refractivity contribution in [3.8, 4) is 0 Å². The summed E-state index contributed by atoms with van der Waals surface area (Å²) >= 11 is 0. The van der Waals surface area contributed by atoms with Crippen molar-refractivity contribution in [1.29, 1.82) is 0 Å². The van der Waals surface area contributed by atoms with Gasteiger partial charge in [-0.05, 0) is 0 Å². The van der Waals surface area contributed by atoms with Crippen LogP contribution < -0.4 is 0 Å². The first-order chi connectivity index (χ1) is 2.00. The number of rotatable bonds is 0. The monoisotopic (exact) mass is 218 g/mol.